The Balaban J connectivity index is 2.45. The number of rotatable bonds is 5. The van der Waals surface area contributed by atoms with E-state index in [1.54, 1.807) is 0 Å². The molecule has 0 bridgehead atoms. The first-order chi connectivity index (χ1) is 7.63. The van der Waals surface area contributed by atoms with Gasteiger partial charge >= 0.3 is 0 Å². The van der Waals surface area contributed by atoms with E-state index in [1.807, 2.05) is 0 Å². The van der Waals surface area contributed by atoms with Crippen molar-refractivity contribution in [1.29, 1.82) is 0 Å². The van der Waals surface area contributed by atoms with Gasteiger partial charge in [0.05, 0.1) is 0 Å². The highest BCUT2D eigenvalue weighted by Crippen LogP contribution is 2.12. The second-order valence-corrected chi connectivity index (χ2v) is 4.92. The van der Waals surface area contributed by atoms with Gasteiger partial charge in [-0.2, -0.15) is 0 Å². The van der Waals surface area contributed by atoms with E-state index in [0.717, 1.165) is 25.8 Å². The summed E-state index contributed by atoms with van der Waals surface area (Å²) < 4.78 is 0. The summed E-state index contributed by atoms with van der Waals surface area (Å²) in [4.78, 5) is 11.4. The van der Waals surface area contributed by atoms with Crippen molar-refractivity contribution in [2.45, 2.75) is 51.6 Å². The molecule has 1 aliphatic heterocycles. The van der Waals surface area contributed by atoms with E-state index in [2.05, 4.69) is 24.5 Å². The summed E-state index contributed by atoms with van der Waals surface area (Å²) in [5, 5.41) is 15.4. The number of carbonyl (C=O) groups excluding carboxylic acids is 1. The van der Waals surface area contributed by atoms with Gasteiger partial charge in [0.15, 0.2) is 0 Å². The number of carbonyl (C=O) groups is 1. The van der Waals surface area contributed by atoms with E-state index in [-0.39, 0.29) is 18.6 Å². The molecule has 0 radical (unpaired) electrons. The van der Waals surface area contributed by atoms with Gasteiger partial charge in [-0.1, -0.05) is 13.8 Å². The molecule has 1 aliphatic rings. The lowest BCUT2D eigenvalue weighted by atomic mass is 9.98. The van der Waals surface area contributed by atoms with E-state index in [0.29, 0.717) is 18.4 Å². The van der Waals surface area contributed by atoms with Gasteiger partial charge in [-0.05, 0) is 25.2 Å². The molecule has 0 spiro atoms. The average molecular weight is 228 g/mol. The molecule has 1 fully saturated rings. The first-order valence-corrected chi connectivity index (χ1v) is 6.27. The molecule has 3 N–H and O–H groups in total. The summed E-state index contributed by atoms with van der Waals surface area (Å²) in [7, 11) is 0. The molecule has 0 aliphatic carbocycles. The maximum absolute atomic E-state index is 11.4. The zero-order chi connectivity index (χ0) is 12.0. The minimum Gasteiger partial charge on any atom is -0.396 e. The van der Waals surface area contributed by atoms with Crippen molar-refractivity contribution in [1.82, 2.24) is 10.6 Å². The van der Waals surface area contributed by atoms with Crippen LogP contribution in [-0.2, 0) is 4.79 Å². The van der Waals surface area contributed by atoms with Gasteiger partial charge in [0.25, 0.3) is 0 Å². The van der Waals surface area contributed by atoms with Gasteiger partial charge in [0, 0.05) is 31.7 Å². The maximum atomic E-state index is 11.4. The zero-order valence-electron chi connectivity index (χ0n) is 10.3. The molecule has 4 nitrogen and oxygen atoms in total. The summed E-state index contributed by atoms with van der Waals surface area (Å²) in [6.45, 7) is 5.28. The lowest BCUT2D eigenvalue weighted by Gasteiger charge is -2.26. The van der Waals surface area contributed by atoms with E-state index in [4.69, 9.17) is 5.11 Å². The molecule has 16 heavy (non-hydrogen) atoms. The highest BCUT2D eigenvalue weighted by Gasteiger charge is 2.21. The van der Waals surface area contributed by atoms with Gasteiger partial charge in [-0.25, -0.2) is 0 Å². The first kappa shape index (κ1) is 13.5. The van der Waals surface area contributed by atoms with Gasteiger partial charge in [0.2, 0.25) is 5.91 Å². The van der Waals surface area contributed by atoms with Crippen LogP contribution in [0.2, 0.25) is 0 Å². The normalized spacial score (nSPS) is 24.0. The zero-order valence-corrected chi connectivity index (χ0v) is 10.3. The van der Waals surface area contributed by atoms with Crippen molar-refractivity contribution in [2.75, 3.05) is 13.2 Å². The molecule has 0 aromatic heterocycles. The van der Waals surface area contributed by atoms with Crippen LogP contribution in [0.3, 0.4) is 0 Å². The number of aliphatic hydroxyl groups excluding tert-OH is 1. The van der Waals surface area contributed by atoms with E-state index >= 15 is 0 Å². The smallest absolute Gasteiger partial charge is 0.221 e. The molecule has 0 aromatic rings. The van der Waals surface area contributed by atoms with Crippen LogP contribution >= 0.6 is 0 Å². The topological polar surface area (TPSA) is 61.4 Å². The Labute approximate surface area is 97.8 Å². The van der Waals surface area contributed by atoms with Crippen LogP contribution < -0.4 is 10.6 Å². The van der Waals surface area contributed by atoms with E-state index < -0.39 is 0 Å². The SMILES string of the molecule is CC(C)C(CCO)NC1CCCNC(=O)C1. The summed E-state index contributed by atoms with van der Waals surface area (Å²) in [6, 6.07) is 0.572. The highest BCUT2D eigenvalue weighted by atomic mass is 16.3. The Morgan fingerprint density at radius 2 is 2.31 bits per heavy atom. The van der Waals surface area contributed by atoms with Crippen LogP contribution in [-0.4, -0.2) is 36.2 Å². The molecule has 1 heterocycles. The lowest BCUT2D eigenvalue weighted by molar-refractivity contribution is -0.121. The van der Waals surface area contributed by atoms with Crippen LogP contribution in [0.4, 0.5) is 0 Å². The van der Waals surface area contributed by atoms with Crippen molar-refractivity contribution in [2.24, 2.45) is 5.92 Å². The summed E-state index contributed by atoms with van der Waals surface area (Å²) >= 11 is 0. The number of nitrogens with one attached hydrogen (secondary N) is 2. The number of aliphatic hydroxyl groups is 1. The van der Waals surface area contributed by atoms with Crippen LogP contribution in [0.15, 0.2) is 0 Å². The molecular weight excluding hydrogens is 204 g/mol. The lowest BCUT2D eigenvalue weighted by Crippen LogP contribution is -2.43. The molecular formula is C12H24N2O2. The van der Waals surface area contributed by atoms with Crippen LogP contribution in [0.25, 0.3) is 0 Å². The standard InChI is InChI=1S/C12H24N2O2/c1-9(2)11(5-7-15)14-10-4-3-6-13-12(16)8-10/h9-11,14-15H,3-8H2,1-2H3,(H,13,16). The summed E-state index contributed by atoms with van der Waals surface area (Å²) in [5.74, 6) is 0.625. The molecule has 94 valence electrons. The van der Waals surface area contributed by atoms with Crippen molar-refractivity contribution in [3.05, 3.63) is 0 Å². The Bertz CT molecular complexity index is 219. The van der Waals surface area contributed by atoms with Crippen molar-refractivity contribution in [3.63, 3.8) is 0 Å². The maximum Gasteiger partial charge on any atom is 0.221 e. The molecule has 1 rings (SSSR count). The monoisotopic (exact) mass is 228 g/mol. The molecule has 4 heteroatoms. The van der Waals surface area contributed by atoms with E-state index in [9.17, 15) is 4.79 Å². The third kappa shape index (κ3) is 4.49. The third-order valence-electron chi connectivity index (χ3n) is 3.18. The fourth-order valence-electron chi connectivity index (χ4n) is 2.17. The molecule has 2 atom stereocenters. The van der Waals surface area contributed by atoms with Crippen molar-refractivity contribution < 1.29 is 9.90 Å². The quantitative estimate of drug-likeness (QED) is 0.647. The second kappa shape index (κ2) is 6.86. The molecule has 2 unspecified atom stereocenters. The fourth-order valence-corrected chi connectivity index (χ4v) is 2.17. The van der Waals surface area contributed by atoms with Gasteiger partial charge in [0.1, 0.15) is 0 Å². The van der Waals surface area contributed by atoms with Crippen molar-refractivity contribution in [3.8, 4) is 0 Å². The van der Waals surface area contributed by atoms with Crippen LogP contribution in [0.5, 0.6) is 0 Å². The second-order valence-electron chi connectivity index (χ2n) is 4.92. The van der Waals surface area contributed by atoms with Gasteiger partial charge in [-0.15, -0.1) is 0 Å². The first-order valence-electron chi connectivity index (χ1n) is 6.27. The predicted octanol–water partition coefficient (Wildman–Crippen LogP) is 0.652. The number of amides is 1. The van der Waals surface area contributed by atoms with Gasteiger partial charge in [-0.3, -0.25) is 4.79 Å². The minimum absolute atomic E-state index is 0.140. The van der Waals surface area contributed by atoms with Gasteiger partial charge < -0.3 is 15.7 Å². The van der Waals surface area contributed by atoms with E-state index in [1.165, 1.54) is 0 Å². The van der Waals surface area contributed by atoms with Crippen LogP contribution in [0.1, 0.15) is 39.5 Å². The Kier molecular flexibility index (Phi) is 5.77. The molecule has 1 saturated heterocycles. The predicted molar refractivity (Wildman–Crippen MR) is 64.1 cm³/mol. The highest BCUT2D eigenvalue weighted by molar-refractivity contribution is 5.76. The number of hydrogen-bond donors (Lipinski definition) is 3. The van der Waals surface area contributed by atoms with Crippen molar-refractivity contribution >= 4 is 5.91 Å². The Hall–Kier alpha value is -0.610. The Morgan fingerprint density at radius 3 is 2.94 bits per heavy atom. The minimum atomic E-state index is 0.140. The number of hydrogen-bond acceptors (Lipinski definition) is 3. The largest absolute Gasteiger partial charge is 0.396 e. The summed E-state index contributed by atoms with van der Waals surface area (Å²) in [6.07, 6.45) is 3.39. The third-order valence-corrected chi connectivity index (χ3v) is 3.18. The van der Waals surface area contributed by atoms with Crippen LogP contribution in [0, 0.1) is 5.92 Å². The Morgan fingerprint density at radius 1 is 1.56 bits per heavy atom. The summed E-state index contributed by atoms with van der Waals surface area (Å²) in [5.41, 5.74) is 0. The molecule has 0 aromatic carbocycles. The average Bonchev–Trinajstić information content (AvgIpc) is 2.42. The molecule has 0 saturated carbocycles. The fraction of sp³-hybridized carbons (Fsp3) is 0.917. The molecule has 1 amide bonds.